The number of amides is 4. The van der Waals surface area contributed by atoms with E-state index in [1.165, 1.54) is 19.3 Å². The first kappa shape index (κ1) is 23.4. The topological polar surface area (TPSA) is 82.9 Å². The smallest absolute Gasteiger partial charge is 0.325 e. The number of urea groups is 1. The Morgan fingerprint density at radius 1 is 1.12 bits per heavy atom. The van der Waals surface area contributed by atoms with Crippen LogP contribution in [0, 0.1) is 17.8 Å². The van der Waals surface area contributed by atoms with Gasteiger partial charge in [-0.2, -0.15) is 0 Å². The Balaban J connectivity index is 1.33. The minimum atomic E-state index is -0.919. The Hall–Kier alpha value is -2.31. The van der Waals surface area contributed by atoms with Crippen LogP contribution < -0.4 is 5.32 Å². The van der Waals surface area contributed by atoms with Gasteiger partial charge in [-0.25, -0.2) is 4.79 Å². The van der Waals surface area contributed by atoms with E-state index in [0.717, 1.165) is 55.6 Å². The summed E-state index contributed by atoms with van der Waals surface area (Å²) < 4.78 is 5.63. The largest absolute Gasteiger partial charge is 0.467 e. The van der Waals surface area contributed by atoms with E-state index in [9.17, 15) is 14.4 Å². The molecule has 2 heterocycles. The second-order valence-electron chi connectivity index (χ2n) is 11.7. The Kier molecular flexibility index (Phi) is 6.23. The van der Waals surface area contributed by atoms with Gasteiger partial charge in [-0.05, 0) is 81.8 Å². The van der Waals surface area contributed by atoms with Gasteiger partial charge in [0.2, 0.25) is 5.91 Å². The van der Waals surface area contributed by atoms with Crippen molar-refractivity contribution in [3.8, 4) is 0 Å². The summed E-state index contributed by atoms with van der Waals surface area (Å²) in [5, 5.41) is 2.88. The van der Waals surface area contributed by atoms with E-state index < -0.39 is 11.6 Å². The number of furan rings is 1. The van der Waals surface area contributed by atoms with Gasteiger partial charge in [0, 0.05) is 5.54 Å². The fraction of sp³-hybridized carbons (Fsp3) is 0.741. The average Bonchev–Trinajstić information content (AvgIpc) is 3.37. The molecule has 4 bridgehead atoms. The monoisotopic (exact) mass is 469 g/mol. The Morgan fingerprint density at radius 3 is 2.38 bits per heavy atom. The van der Waals surface area contributed by atoms with Gasteiger partial charge < -0.3 is 14.6 Å². The summed E-state index contributed by atoms with van der Waals surface area (Å²) in [6.45, 7) is 4.15. The van der Waals surface area contributed by atoms with Gasteiger partial charge >= 0.3 is 6.03 Å². The minimum Gasteiger partial charge on any atom is -0.467 e. The van der Waals surface area contributed by atoms with E-state index in [0.29, 0.717) is 30.7 Å². The molecule has 4 saturated carbocycles. The minimum absolute atomic E-state index is 0.142. The van der Waals surface area contributed by atoms with Crippen LogP contribution >= 0.6 is 0 Å². The maximum Gasteiger partial charge on any atom is 0.325 e. The molecule has 1 aromatic heterocycles. The first-order valence-electron chi connectivity index (χ1n) is 13.3. The van der Waals surface area contributed by atoms with E-state index in [2.05, 4.69) is 12.2 Å². The molecule has 5 fully saturated rings. The molecule has 4 amide bonds. The first-order chi connectivity index (χ1) is 16.3. The van der Waals surface area contributed by atoms with Crippen molar-refractivity contribution < 1.29 is 18.8 Å². The van der Waals surface area contributed by atoms with E-state index in [1.807, 2.05) is 17.0 Å². The zero-order valence-electron chi connectivity index (χ0n) is 20.7. The highest BCUT2D eigenvalue weighted by molar-refractivity contribution is 6.08. The molecule has 1 atom stereocenters. The van der Waals surface area contributed by atoms with Crippen molar-refractivity contribution in [2.24, 2.45) is 17.8 Å². The molecule has 7 nitrogen and oxygen atoms in total. The van der Waals surface area contributed by atoms with Gasteiger partial charge in [-0.3, -0.25) is 14.5 Å². The van der Waals surface area contributed by atoms with Crippen LogP contribution in [0.4, 0.5) is 4.79 Å². The zero-order chi connectivity index (χ0) is 23.9. The molecular formula is C27H39N3O4. The van der Waals surface area contributed by atoms with Gasteiger partial charge in [-0.1, -0.05) is 32.6 Å². The molecule has 0 radical (unpaired) electrons. The maximum absolute atomic E-state index is 13.9. The third-order valence-electron chi connectivity index (χ3n) is 8.94. The first-order valence-corrected chi connectivity index (χ1v) is 13.3. The second kappa shape index (κ2) is 9.04. The number of rotatable bonds is 10. The molecule has 1 aliphatic heterocycles. The lowest BCUT2D eigenvalue weighted by Gasteiger charge is -2.60. The van der Waals surface area contributed by atoms with Crippen molar-refractivity contribution in [2.45, 2.75) is 102 Å². The van der Waals surface area contributed by atoms with Crippen molar-refractivity contribution in [1.82, 2.24) is 15.1 Å². The van der Waals surface area contributed by atoms with E-state index in [1.54, 1.807) is 13.2 Å². The SMILES string of the molecule is CCCCCCC1(C)NC(=O)N(CC(=O)N(Cc2ccco2)C23CC4CC(CC(C4)C2)C3)C1=O. The molecule has 1 unspecified atom stereocenters. The highest BCUT2D eigenvalue weighted by Crippen LogP contribution is 2.58. The highest BCUT2D eigenvalue weighted by atomic mass is 16.3. The van der Waals surface area contributed by atoms with Crippen molar-refractivity contribution >= 4 is 17.8 Å². The lowest BCUT2D eigenvalue weighted by atomic mass is 9.52. The van der Waals surface area contributed by atoms with Crippen LogP contribution in [-0.2, 0) is 16.1 Å². The predicted octanol–water partition coefficient (Wildman–Crippen LogP) is 4.86. The number of carbonyl (C=O) groups is 3. The Labute approximate surface area is 202 Å². The number of nitrogens with one attached hydrogen (secondary N) is 1. The molecule has 7 heteroatoms. The number of unbranched alkanes of at least 4 members (excludes halogenated alkanes) is 3. The summed E-state index contributed by atoms with van der Waals surface area (Å²) in [6.07, 6.45) is 13.3. The van der Waals surface area contributed by atoms with Crippen LogP contribution in [0.1, 0.15) is 90.2 Å². The summed E-state index contributed by atoms with van der Waals surface area (Å²) in [6, 6.07) is 3.31. The predicted molar refractivity (Wildman–Crippen MR) is 128 cm³/mol. The molecule has 5 aliphatic rings. The fourth-order valence-corrected chi connectivity index (χ4v) is 7.66. The number of nitrogens with zero attached hydrogens (tertiary/aromatic N) is 2. The third kappa shape index (κ3) is 4.27. The molecular weight excluding hydrogens is 430 g/mol. The van der Waals surface area contributed by atoms with E-state index in [-0.39, 0.29) is 23.9 Å². The summed E-state index contributed by atoms with van der Waals surface area (Å²) in [4.78, 5) is 43.1. The summed E-state index contributed by atoms with van der Waals surface area (Å²) in [5.41, 5.74) is -1.10. The molecule has 0 aromatic carbocycles. The maximum atomic E-state index is 13.9. The van der Waals surface area contributed by atoms with Crippen molar-refractivity contribution in [2.75, 3.05) is 6.54 Å². The van der Waals surface area contributed by atoms with Crippen LogP contribution in [0.25, 0.3) is 0 Å². The van der Waals surface area contributed by atoms with Crippen LogP contribution in [0.15, 0.2) is 22.8 Å². The quantitative estimate of drug-likeness (QED) is 0.392. The normalized spacial score (nSPS) is 34.1. The molecule has 1 aromatic rings. The summed E-state index contributed by atoms with van der Waals surface area (Å²) >= 11 is 0. The molecule has 186 valence electrons. The third-order valence-corrected chi connectivity index (χ3v) is 8.94. The molecule has 6 rings (SSSR count). The molecule has 1 saturated heterocycles. The highest BCUT2D eigenvalue weighted by Gasteiger charge is 2.55. The number of hydrogen-bond donors (Lipinski definition) is 1. The summed E-state index contributed by atoms with van der Waals surface area (Å²) in [7, 11) is 0. The average molecular weight is 470 g/mol. The fourth-order valence-electron chi connectivity index (χ4n) is 7.66. The number of imide groups is 1. The molecule has 4 aliphatic carbocycles. The standard InChI is InChI=1S/C27H39N3O4/c1-3-4-5-6-9-26(2)24(32)29(25(33)28-26)18-23(31)30(17-22-8-7-10-34-22)27-14-19-11-20(15-27)13-21(12-19)16-27/h7-8,10,19-21H,3-6,9,11-18H2,1-2H3,(H,28,33). The van der Waals surface area contributed by atoms with E-state index >= 15 is 0 Å². The zero-order valence-corrected chi connectivity index (χ0v) is 20.7. The van der Waals surface area contributed by atoms with Crippen molar-refractivity contribution in [3.63, 3.8) is 0 Å². The van der Waals surface area contributed by atoms with Gasteiger partial charge in [0.1, 0.15) is 17.8 Å². The molecule has 34 heavy (non-hydrogen) atoms. The Morgan fingerprint density at radius 2 is 1.79 bits per heavy atom. The van der Waals surface area contributed by atoms with Crippen LogP contribution in [-0.4, -0.2) is 45.3 Å². The van der Waals surface area contributed by atoms with Gasteiger partial charge in [0.15, 0.2) is 0 Å². The molecule has 0 spiro atoms. The van der Waals surface area contributed by atoms with Crippen molar-refractivity contribution in [1.29, 1.82) is 0 Å². The van der Waals surface area contributed by atoms with Crippen molar-refractivity contribution in [3.05, 3.63) is 24.2 Å². The molecule has 1 N–H and O–H groups in total. The van der Waals surface area contributed by atoms with Gasteiger partial charge in [0.25, 0.3) is 5.91 Å². The van der Waals surface area contributed by atoms with Crippen LogP contribution in [0.2, 0.25) is 0 Å². The van der Waals surface area contributed by atoms with Crippen LogP contribution in [0.5, 0.6) is 0 Å². The number of carbonyl (C=O) groups excluding carboxylic acids is 3. The van der Waals surface area contributed by atoms with Crippen LogP contribution in [0.3, 0.4) is 0 Å². The lowest BCUT2D eigenvalue weighted by Crippen LogP contribution is -2.62. The summed E-state index contributed by atoms with van der Waals surface area (Å²) in [5.74, 6) is 2.38. The number of hydrogen-bond acceptors (Lipinski definition) is 4. The second-order valence-corrected chi connectivity index (χ2v) is 11.7. The van der Waals surface area contributed by atoms with Gasteiger partial charge in [0.05, 0.1) is 12.8 Å². The van der Waals surface area contributed by atoms with Gasteiger partial charge in [-0.15, -0.1) is 0 Å². The van der Waals surface area contributed by atoms with E-state index in [4.69, 9.17) is 4.42 Å². The Bertz CT molecular complexity index is 891. The lowest BCUT2D eigenvalue weighted by molar-refractivity contribution is -0.155.